The van der Waals surface area contributed by atoms with E-state index in [4.69, 9.17) is 9.84 Å². The zero-order valence-corrected chi connectivity index (χ0v) is 11.9. The number of carbonyl (C=O) groups is 1. The summed E-state index contributed by atoms with van der Waals surface area (Å²) >= 11 is 0. The summed E-state index contributed by atoms with van der Waals surface area (Å²) in [5, 5.41) is 9.11. The normalized spacial score (nSPS) is 10.4. The first-order valence-electron chi connectivity index (χ1n) is 7.09. The minimum absolute atomic E-state index is 0.256. The van der Waals surface area contributed by atoms with Crippen molar-refractivity contribution in [2.24, 2.45) is 0 Å². The van der Waals surface area contributed by atoms with Crippen LogP contribution < -0.4 is 4.74 Å². The second kappa shape index (κ2) is 8.57. The molecule has 0 unspecified atom stereocenters. The van der Waals surface area contributed by atoms with Crippen LogP contribution in [0.4, 0.5) is 0 Å². The summed E-state index contributed by atoms with van der Waals surface area (Å²) in [6.07, 6.45) is 8.43. The highest BCUT2D eigenvalue weighted by molar-refractivity contribution is 5.91. The third-order valence-electron chi connectivity index (χ3n) is 3.31. The quantitative estimate of drug-likeness (QED) is 0.676. The number of carboxylic acid groups (broad SMARTS) is 1. The van der Waals surface area contributed by atoms with Crippen LogP contribution in [-0.4, -0.2) is 18.2 Å². The van der Waals surface area contributed by atoms with Gasteiger partial charge in [0.15, 0.2) is 0 Å². The van der Waals surface area contributed by atoms with Crippen molar-refractivity contribution in [1.29, 1.82) is 0 Å². The maximum atomic E-state index is 11.1. The zero-order valence-electron chi connectivity index (χ0n) is 11.9. The fraction of sp³-hybridized carbons (Fsp3) is 0.562. The highest BCUT2D eigenvalue weighted by Crippen LogP contribution is 2.21. The monoisotopic (exact) mass is 264 g/mol. The van der Waals surface area contributed by atoms with Gasteiger partial charge < -0.3 is 9.84 Å². The van der Waals surface area contributed by atoms with Gasteiger partial charge in [0.05, 0.1) is 7.11 Å². The Bertz CT molecular complexity index is 399. The summed E-state index contributed by atoms with van der Waals surface area (Å²) in [7, 11) is 1.50. The van der Waals surface area contributed by atoms with Gasteiger partial charge in [0.2, 0.25) is 0 Å². The lowest BCUT2D eigenvalue weighted by Crippen LogP contribution is -2.01. The lowest BCUT2D eigenvalue weighted by atomic mass is 10.0. The molecule has 0 atom stereocenters. The van der Waals surface area contributed by atoms with Gasteiger partial charge in [-0.1, -0.05) is 45.1 Å². The number of hydrogen-bond acceptors (Lipinski definition) is 2. The first-order valence-corrected chi connectivity index (χ1v) is 7.09. The molecule has 0 bridgehead atoms. The molecule has 0 aliphatic carbocycles. The van der Waals surface area contributed by atoms with Crippen molar-refractivity contribution in [2.75, 3.05) is 7.11 Å². The molecule has 106 valence electrons. The van der Waals surface area contributed by atoms with E-state index in [2.05, 4.69) is 6.92 Å². The van der Waals surface area contributed by atoms with E-state index in [-0.39, 0.29) is 5.56 Å². The number of rotatable bonds is 9. The molecule has 0 aliphatic rings. The Morgan fingerprint density at radius 3 is 2.47 bits per heavy atom. The molecule has 0 spiro atoms. The predicted octanol–water partition coefficient (Wildman–Crippen LogP) is 4.30. The molecule has 3 nitrogen and oxygen atoms in total. The molecule has 0 radical (unpaired) electrons. The number of benzene rings is 1. The highest BCUT2D eigenvalue weighted by atomic mass is 16.5. The SMILES string of the molecule is CCCCCCCCc1ccc(OC)c(C(=O)O)c1. The van der Waals surface area contributed by atoms with Gasteiger partial charge in [0.25, 0.3) is 0 Å². The van der Waals surface area contributed by atoms with Gasteiger partial charge >= 0.3 is 5.97 Å². The Kier molecular flexibility index (Phi) is 7.01. The molecular weight excluding hydrogens is 240 g/mol. The van der Waals surface area contributed by atoms with Crippen LogP contribution in [0.1, 0.15) is 61.4 Å². The standard InChI is InChI=1S/C16H24O3/c1-3-4-5-6-7-8-9-13-10-11-15(19-2)14(12-13)16(17)18/h10-12H,3-9H2,1-2H3,(H,17,18). The number of carboxylic acids is 1. The van der Waals surface area contributed by atoms with E-state index in [0.29, 0.717) is 5.75 Å². The van der Waals surface area contributed by atoms with Gasteiger partial charge in [-0.15, -0.1) is 0 Å². The molecule has 0 saturated carbocycles. The van der Waals surface area contributed by atoms with Gasteiger partial charge in [-0.3, -0.25) is 0 Å². The lowest BCUT2D eigenvalue weighted by molar-refractivity contribution is 0.0693. The van der Waals surface area contributed by atoms with E-state index in [1.54, 1.807) is 12.1 Å². The second-order valence-corrected chi connectivity index (χ2v) is 4.86. The fourth-order valence-electron chi connectivity index (χ4n) is 2.19. The van der Waals surface area contributed by atoms with E-state index in [9.17, 15) is 4.79 Å². The van der Waals surface area contributed by atoms with E-state index in [1.807, 2.05) is 6.07 Å². The van der Waals surface area contributed by atoms with E-state index in [0.717, 1.165) is 18.4 Å². The van der Waals surface area contributed by atoms with Crippen LogP contribution in [0.5, 0.6) is 5.75 Å². The third kappa shape index (κ3) is 5.33. The zero-order chi connectivity index (χ0) is 14.1. The maximum Gasteiger partial charge on any atom is 0.339 e. The van der Waals surface area contributed by atoms with Crippen LogP contribution in [0.2, 0.25) is 0 Å². The highest BCUT2D eigenvalue weighted by Gasteiger charge is 2.11. The maximum absolute atomic E-state index is 11.1. The number of aromatic carboxylic acids is 1. The largest absolute Gasteiger partial charge is 0.496 e. The Morgan fingerprint density at radius 1 is 1.16 bits per heavy atom. The number of aryl methyl sites for hydroxylation is 1. The first kappa shape index (κ1) is 15.5. The summed E-state index contributed by atoms with van der Waals surface area (Å²) in [4.78, 5) is 11.1. The second-order valence-electron chi connectivity index (χ2n) is 4.86. The van der Waals surface area contributed by atoms with Crippen molar-refractivity contribution in [2.45, 2.75) is 51.9 Å². The number of unbranched alkanes of at least 4 members (excludes halogenated alkanes) is 5. The molecule has 0 aromatic heterocycles. The van der Waals surface area contributed by atoms with Gasteiger partial charge in [0, 0.05) is 0 Å². The van der Waals surface area contributed by atoms with Gasteiger partial charge in [-0.2, -0.15) is 0 Å². The third-order valence-corrected chi connectivity index (χ3v) is 3.31. The van der Waals surface area contributed by atoms with Crippen LogP contribution in [-0.2, 0) is 6.42 Å². The van der Waals surface area contributed by atoms with E-state index in [1.165, 1.54) is 39.2 Å². The van der Waals surface area contributed by atoms with Crippen molar-refractivity contribution < 1.29 is 14.6 Å². The van der Waals surface area contributed by atoms with Gasteiger partial charge in [-0.05, 0) is 30.5 Å². The minimum atomic E-state index is -0.929. The van der Waals surface area contributed by atoms with Crippen LogP contribution in [0.15, 0.2) is 18.2 Å². The van der Waals surface area contributed by atoms with E-state index < -0.39 is 5.97 Å². The predicted molar refractivity (Wildman–Crippen MR) is 77.0 cm³/mol. The van der Waals surface area contributed by atoms with Gasteiger partial charge in [-0.25, -0.2) is 4.79 Å². The molecule has 1 rings (SSSR count). The first-order chi connectivity index (χ1) is 9.19. The summed E-state index contributed by atoms with van der Waals surface area (Å²) in [6.45, 7) is 2.21. The van der Waals surface area contributed by atoms with Crippen LogP contribution in [0.3, 0.4) is 0 Å². The summed E-state index contributed by atoms with van der Waals surface area (Å²) in [5.41, 5.74) is 1.33. The molecule has 1 N–H and O–H groups in total. The molecule has 19 heavy (non-hydrogen) atoms. The van der Waals surface area contributed by atoms with Crippen molar-refractivity contribution in [3.63, 3.8) is 0 Å². The molecule has 0 saturated heterocycles. The summed E-state index contributed by atoms with van der Waals surface area (Å²) < 4.78 is 5.05. The van der Waals surface area contributed by atoms with Crippen molar-refractivity contribution >= 4 is 5.97 Å². The Balaban J connectivity index is 2.46. The fourth-order valence-corrected chi connectivity index (χ4v) is 2.19. The average Bonchev–Trinajstić information content (AvgIpc) is 2.42. The van der Waals surface area contributed by atoms with Crippen LogP contribution in [0.25, 0.3) is 0 Å². The smallest absolute Gasteiger partial charge is 0.339 e. The number of hydrogen-bond donors (Lipinski definition) is 1. The lowest BCUT2D eigenvalue weighted by Gasteiger charge is -2.07. The number of methoxy groups -OCH3 is 1. The van der Waals surface area contributed by atoms with Crippen LogP contribution >= 0.6 is 0 Å². The van der Waals surface area contributed by atoms with Crippen molar-refractivity contribution in [3.8, 4) is 5.75 Å². The number of ether oxygens (including phenoxy) is 1. The van der Waals surface area contributed by atoms with E-state index >= 15 is 0 Å². The molecule has 0 heterocycles. The van der Waals surface area contributed by atoms with Crippen molar-refractivity contribution in [3.05, 3.63) is 29.3 Å². The Labute approximate surface area is 115 Å². The molecule has 3 heteroatoms. The summed E-state index contributed by atoms with van der Waals surface area (Å²) in [5.74, 6) is -0.499. The average molecular weight is 264 g/mol. The van der Waals surface area contributed by atoms with Gasteiger partial charge in [0.1, 0.15) is 11.3 Å². The van der Waals surface area contributed by atoms with Crippen molar-refractivity contribution in [1.82, 2.24) is 0 Å². The Morgan fingerprint density at radius 2 is 1.84 bits per heavy atom. The topological polar surface area (TPSA) is 46.5 Å². The molecular formula is C16H24O3. The van der Waals surface area contributed by atoms with Crippen LogP contribution in [0, 0.1) is 0 Å². The Hall–Kier alpha value is -1.51. The minimum Gasteiger partial charge on any atom is -0.496 e. The molecule has 0 amide bonds. The summed E-state index contributed by atoms with van der Waals surface area (Å²) in [6, 6.07) is 5.43. The molecule has 0 aliphatic heterocycles. The molecule has 1 aromatic carbocycles. The molecule has 1 aromatic rings. The molecule has 0 fully saturated rings.